The highest BCUT2D eigenvalue weighted by molar-refractivity contribution is 8.00. The van der Waals surface area contributed by atoms with Crippen LogP contribution in [0, 0.1) is 11.3 Å². The summed E-state index contributed by atoms with van der Waals surface area (Å²) in [6, 6.07) is 2.67. The number of nitrogens with zero attached hydrogens (tertiary/aromatic N) is 2. The molecule has 74 valence electrons. The SMILES string of the molecule is CC(CC#N)N1CCSC(C)(C)C1. The third-order valence-corrected chi connectivity index (χ3v) is 3.76. The molecule has 0 spiro atoms. The molecule has 1 atom stereocenters. The summed E-state index contributed by atoms with van der Waals surface area (Å²) in [4.78, 5) is 2.43. The molecule has 0 saturated carbocycles. The highest BCUT2D eigenvalue weighted by Gasteiger charge is 2.29. The fourth-order valence-corrected chi connectivity index (χ4v) is 2.83. The Bertz CT molecular complexity index is 207. The third kappa shape index (κ3) is 3.21. The third-order valence-electron chi connectivity index (χ3n) is 2.47. The molecule has 3 heteroatoms. The maximum Gasteiger partial charge on any atom is 0.0638 e. The van der Waals surface area contributed by atoms with E-state index in [4.69, 9.17) is 5.26 Å². The van der Waals surface area contributed by atoms with Crippen LogP contribution in [0.5, 0.6) is 0 Å². The van der Waals surface area contributed by atoms with Crippen LogP contribution in [0.4, 0.5) is 0 Å². The second-order valence-corrected chi connectivity index (χ2v) is 6.09. The van der Waals surface area contributed by atoms with Crippen LogP contribution in [0.1, 0.15) is 27.2 Å². The van der Waals surface area contributed by atoms with Crippen molar-refractivity contribution in [2.45, 2.75) is 38.0 Å². The van der Waals surface area contributed by atoms with Gasteiger partial charge in [0.05, 0.1) is 12.5 Å². The Labute approximate surface area is 85.3 Å². The van der Waals surface area contributed by atoms with Crippen LogP contribution in [0.25, 0.3) is 0 Å². The minimum Gasteiger partial charge on any atom is -0.297 e. The molecule has 2 nitrogen and oxygen atoms in total. The fraction of sp³-hybridized carbons (Fsp3) is 0.900. The zero-order valence-corrected chi connectivity index (χ0v) is 9.52. The number of rotatable bonds is 2. The van der Waals surface area contributed by atoms with E-state index in [0.29, 0.717) is 17.2 Å². The molecule has 1 aliphatic heterocycles. The summed E-state index contributed by atoms with van der Waals surface area (Å²) in [6.45, 7) is 8.96. The molecule has 0 aromatic rings. The van der Waals surface area contributed by atoms with E-state index in [-0.39, 0.29) is 0 Å². The lowest BCUT2D eigenvalue weighted by Crippen LogP contribution is -2.47. The number of thioether (sulfide) groups is 1. The molecule has 1 rings (SSSR count). The first kappa shape index (κ1) is 10.9. The first-order valence-corrected chi connectivity index (χ1v) is 5.79. The van der Waals surface area contributed by atoms with Crippen molar-refractivity contribution in [3.8, 4) is 6.07 Å². The predicted molar refractivity (Wildman–Crippen MR) is 57.8 cm³/mol. The van der Waals surface area contributed by atoms with Crippen LogP contribution in [-0.2, 0) is 0 Å². The summed E-state index contributed by atoms with van der Waals surface area (Å²) in [6.07, 6.45) is 0.654. The molecule has 1 fully saturated rings. The Morgan fingerprint density at radius 3 is 2.85 bits per heavy atom. The average Bonchev–Trinajstić information content (AvgIpc) is 2.03. The van der Waals surface area contributed by atoms with E-state index in [2.05, 4.69) is 31.7 Å². The number of hydrogen-bond acceptors (Lipinski definition) is 3. The molecule has 0 amide bonds. The van der Waals surface area contributed by atoms with Crippen molar-refractivity contribution in [1.29, 1.82) is 5.26 Å². The maximum atomic E-state index is 8.62. The lowest BCUT2D eigenvalue weighted by Gasteiger charge is -2.40. The molecule has 0 radical (unpaired) electrons. The Morgan fingerprint density at radius 1 is 1.62 bits per heavy atom. The second kappa shape index (κ2) is 4.34. The van der Waals surface area contributed by atoms with Gasteiger partial charge in [0.15, 0.2) is 0 Å². The second-order valence-electron chi connectivity index (χ2n) is 4.29. The number of hydrogen-bond donors (Lipinski definition) is 0. The highest BCUT2D eigenvalue weighted by atomic mass is 32.2. The van der Waals surface area contributed by atoms with Crippen molar-refractivity contribution in [3.63, 3.8) is 0 Å². The van der Waals surface area contributed by atoms with Gasteiger partial charge in [-0.15, -0.1) is 0 Å². The lowest BCUT2D eigenvalue weighted by atomic mass is 10.1. The minimum absolute atomic E-state index is 0.363. The monoisotopic (exact) mass is 198 g/mol. The van der Waals surface area contributed by atoms with Crippen molar-refractivity contribution in [1.82, 2.24) is 4.90 Å². The van der Waals surface area contributed by atoms with E-state index in [9.17, 15) is 0 Å². The van der Waals surface area contributed by atoms with Crippen molar-refractivity contribution in [2.75, 3.05) is 18.8 Å². The van der Waals surface area contributed by atoms with Gasteiger partial charge in [-0.1, -0.05) is 0 Å². The van der Waals surface area contributed by atoms with Crippen LogP contribution in [0.2, 0.25) is 0 Å². The topological polar surface area (TPSA) is 27.0 Å². The normalized spacial score (nSPS) is 25.1. The Kier molecular flexibility index (Phi) is 3.63. The van der Waals surface area contributed by atoms with Crippen LogP contribution in [-0.4, -0.2) is 34.5 Å². The van der Waals surface area contributed by atoms with E-state index < -0.39 is 0 Å². The molecule has 0 aromatic carbocycles. The van der Waals surface area contributed by atoms with Crippen molar-refractivity contribution >= 4 is 11.8 Å². The van der Waals surface area contributed by atoms with E-state index in [1.165, 1.54) is 5.75 Å². The summed E-state index contributed by atoms with van der Waals surface area (Å²) in [7, 11) is 0. The predicted octanol–water partition coefficient (Wildman–Crippen LogP) is 2.12. The summed E-state index contributed by atoms with van der Waals surface area (Å²) in [5.74, 6) is 1.20. The summed E-state index contributed by atoms with van der Waals surface area (Å²) >= 11 is 2.04. The van der Waals surface area contributed by atoms with E-state index in [1.54, 1.807) is 0 Å². The summed E-state index contributed by atoms with van der Waals surface area (Å²) in [5.41, 5.74) is 0. The van der Waals surface area contributed by atoms with E-state index in [1.807, 2.05) is 11.8 Å². The molecule has 13 heavy (non-hydrogen) atoms. The van der Waals surface area contributed by atoms with Gasteiger partial charge in [0.1, 0.15) is 0 Å². The molecule has 0 N–H and O–H groups in total. The van der Waals surface area contributed by atoms with Crippen molar-refractivity contribution in [2.24, 2.45) is 0 Å². The first-order valence-electron chi connectivity index (χ1n) is 4.80. The molecule has 0 bridgehead atoms. The number of nitriles is 1. The lowest BCUT2D eigenvalue weighted by molar-refractivity contribution is 0.201. The van der Waals surface area contributed by atoms with Crippen molar-refractivity contribution < 1.29 is 0 Å². The van der Waals surface area contributed by atoms with E-state index >= 15 is 0 Å². The summed E-state index contributed by atoms with van der Waals surface area (Å²) < 4.78 is 0.363. The molecule has 1 unspecified atom stereocenters. The average molecular weight is 198 g/mol. The molecule has 0 aliphatic carbocycles. The quantitative estimate of drug-likeness (QED) is 0.680. The van der Waals surface area contributed by atoms with Crippen LogP contribution in [0.15, 0.2) is 0 Å². The molecular weight excluding hydrogens is 180 g/mol. The Balaban J connectivity index is 2.47. The maximum absolute atomic E-state index is 8.62. The zero-order valence-electron chi connectivity index (χ0n) is 8.71. The first-order chi connectivity index (χ1) is 6.05. The highest BCUT2D eigenvalue weighted by Crippen LogP contribution is 2.30. The van der Waals surface area contributed by atoms with Gasteiger partial charge in [0, 0.05) is 29.6 Å². The standard InChI is InChI=1S/C10H18N2S/c1-9(4-5-11)12-6-7-13-10(2,3)8-12/h9H,4,6-8H2,1-3H3. The Hall–Kier alpha value is -0.200. The molecule has 1 aliphatic rings. The van der Waals surface area contributed by atoms with E-state index in [0.717, 1.165) is 13.1 Å². The molecule has 0 aromatic heterocycles. The van der Waals surface area contributed by atoms with Gasteiger partial charge >= 0.3 is 0 Å². The fourth-order valence-electron chi connectivity index (χ4n) is 1.69. The van der Waals surface area contributed by atoms with Crippen LogP contribution in [0.3, 0.4) is 0 Å². The van der Waals surface area contributed by atoms with Gasteiger partial charge in [-0.05, 0) is 20.8 Å². The molecular formula is C10H18N2S. The Morgan fingerprint density at radius 2 is 2.31 bits per heavy atom. The van der Waals surface area contributed by atoms with Gasteiger partial charge in [-0.25, -0.2) is 0 Å². The smallest absolute Gasteiger partial charge is 0.0638 e. The van der Waals surface area contributed by atoms with Gasteiger partial charge in [-0.3, -0.25) is 4.90 Å². The minimum atomic E-state index is 0.363. The summed E-state index contributed by atoms with van der Waals surface area (Å²) in [5, 5.41) is 8.62. The van der Waals surface area contributed by atoms with Gasteiger partial charge in [0.25, 0.3) is 0 Å². The largest absolute Gasteiger partial charge is 0.297 e. The van der Waals surface area contributed by atoms with Crippen LogP contribution >= 0.6 is 11.8 Å². The van der Waals surface area contributed by atoms with Gasteiger partial charge in [0.2, 0.25) is 0 Å². The van der Waals surface area contributed by atoms with Gasteiger partial charge in [-0.2, -0.15) is 17.0 Å². The molecule has 1 heterocycles. The molecule has 1 saturated heterocycles. The van der Waals surface area contributed by atoms with Gasteiger partial charge < -0.3 is 0 Å². The van der Waals surface area contributed by atoms with Crippen LogP contribution < -0.4 is 0 Å². The zero-order chi connectivity index (χ0) is 9.90. The van der Waals surface area contributed by atoms with Crippen molar-refractivity contribution in [3.05, 3.63) is 0 Å².